The number of hydrogen-bond acceptors (Lipinski definition) is 4. The molecule has 0 aliphatic heterocycles. The zero-order valence-corrected chi connectivity index (χ0v) is 14.6. The minimum absolute atomic E-state index is 0.0398. The number of azo groups is 1. The zero-order valence-electron chi connectivity index (χ0n) is 11.4. The van der Waals surface area contributed by atoms with Gasteiger partial charge in [0, 0.05) is 14.3 Å². The lowest BCUT2D eigenvalue weighted by atomic mass is 10.2. The topological polar surface area (TPSA) is 98.0 Å². The number of para-hydroxylation sites is 1. The second-order valence-electron chi connectivity index (χ2n) is 4.65. The second kappa shape index (κ2) is 6.13. The van der Waals surface area contributed by atoms with Crippen LogP contribution in [0, 0.1) is 0 Å². The van der Waals surface area contributed by atoms with Crippen molar-refractivity contribution in [3.05, 3.63) is 50.9 Å². The molecule has 0 radical (unpaired) electrons. The first-order valence-electron chi connectivity index (χ1n) is 6.41. The van der Waals surface area contributed by atoms with Crippen molar-refractivity contribution in [2.75, 3.05) is 0 Å². The maximum absolute atomic E-state index is 12.0. The first-order chi connectivity index (χ1) is 11.0. The van der Waals surface area contributed by atoms with Crippen LogP contribution in [0.5, 0.6) is 11.6 Å². The molecule has 3 rings (SSSR count). The van der Waals surface area contributed by atoms with E-state index in [1.165, 1.54) is 12.1 Å². The van der Waals surface area contributed by atoms with Gasteiger partial charge in [0.2, 0.25) is 5.88 Å². The maximum atomic E-state index is 12.0. The summed E-state index contributed by atoms with van der Waals surface area (Å²) >= 11 is 6.73. The Kier molecular flexibility index (Phi) is 4.18. The third-order valence-corrected chi connectivity index (χ3v) is 4.24. The van der Waals surface area contributed by atoms with Crippen LogP contribution in [0.3, 0.4) is 0 Å². The molecule has 3 aromatic rings. The van der Waals surface area contributed by atoms with E-state index in [1.54, 1.807) is 18.2 Å². The van der Waals surface area contributed by atoms with Crippen LogP contribution in [-0.2, 0) is 0 Å². The number of carbonyl (C=O) groups is 1. The maximum Gasteiger partial charge on any atom is 0.299 e. The minimum atomic E-state index is -0.703. The summed E-state index contributed by atoms with van der Waals surface area (Å²) in [5.41, 5.74) is 0.818. The van der Waals surface area contributed by atoms with Crippen molar-refractivity contribution < 1.29 is 15.0 Å². The molecule has 0 spiro atoms. The van der Waals surface area contributed by atoms with Gasteiger partial charge in [0.25, 0.3) is 5.91 Å². The van der Waals surface area contributed by atoms with Crippen LogP contribution >= 0.6 is 31.9 Å². The molecular formula is C15H9Br2N3O3. The molecule has 6 nitrogen and oxygen atoms in total. The molecule has 3 N–H and O–H groups in total. The lowest BCUT2D eigenvalue weighted by Gasteiger charge is -1.98. The number of nitrogens with zero attached hydrogens (tertiary/aromatic N) is 2. The number of halogens is 2. The molecule has 1 heterocycles. The predicted molar refractivity (Wildman–Crippen MR) is 92.3 cm³/mol. The normalized spacial score (nSPS) is 11.4. The van der Waals surface area contributed by atoms with Crippen molar-refractivity contribution in [2.24, 2.45) is 10.2 Å². The summed E-state index contributed by atoms with van der Waals surface area (Å²) in [6.45, 7) is 0. The molecule has 2 aromatic carbocycles. The predicted octanol–water partition coefficient (Wildman–Crippen LogP) is 5.03. The molecule has 1 aromatic heterocycles. The highest BCUT2D eigenvalue weighted by molar-refractivity contribution is 9.11. The Labute approximate surface area is 147 Å². The summed E-state index contributed by atoms with van der Waals surface area (Å²) in [6.07, 6.45) is 0. The van der Waals surface area contributed by atoms with Gasteiger partial charge in [-0.1, -0.05) is 28.1 Å². The number of aromatic nitrogens is 1. The Bertz CT molecular complexity index is 951. The molecule has 0 atom stereocenters. The van der Waals surface area contributed by atoms with Crippen molar-refractivity contribution in [1.29, 1.82) is 0 Å². The number of rotatable bonds is 2. The van der Waals surface area contributed by atoms with Crippen LogP contribution < -0.4 is 0 Å². The number of phenols is 1. The van der Waals surface area contributed by atoms with Gasteiger partial charge < -0.3 is 15.2 Å². The molecule has 0 unspecified atom stereocenters. The third-order valence-electron chi connectivity index (χ3n) is 3.15. The van der Waals surface area contributed by atoms with Crippen LogP contribution in [0.4, 0.5) is 5.69 Å². The number of aromatic hydroxyl groups is 2. The quantitative estimate of drug-likeness (QED) is 0.489. The summed E-state index contributed by atoms with van der Waals surface area (Å²) in [6, 6.07) is 9.60. The highest BCUT2D eigenvalue weighted by Gasteiger charge is 2.15. The van der Waals surface area contributed by atoms with Gasteiger partial charge in [-0.3, -0.25) is 4.79 Å². The van der Waals surface area contributed by atoms with Crippen molar-refractivity contribution in [3.8, 4) is 11.6 Å². The van der Waals surface area contributed by atoms with Gasteiger partial charge in [0.15, 0.2) is 5.69 Å². The molecule has 0 aliphatic carbocycles. The number of phenolic OH excluding ortho intramolecular Hbond substituents is 1. The number of fused-ring (bicyclic) bond motifs is 1. The fourth-order valence-electron chi connectivity index (χ4n) is 2.10. The van der Waals surface area contributed by atoms with Crippen LogP contribution in [0.15, 0.2) is 55.6 Å². The van der Waals surface area contributed by atoms with Gasteiger partial charge in [0.05, 0.1) is 11.1 Å². The summed E-state index contributed by atoms with van der Waals surface area (Å²) in [7, 11) is 0. The van der Waals surface area contributed by atoms with Crippen LogP contribution in [0.1, 0.15) is 10.4 Å². The molecule has 0 saturated heterocycles. The Morgan fingerprint density at radius 2 is 1.87 bits per heavy atom. The average Bonchev–Trinajstić information content (AvgIpc) is 2.81. The molecule has 116 valence electrons. The average molecular weight is 439 g/mol. The summed E-state index contributed by atoms with van der Waals surface area (Å²) in [5.74, 6) is -1.08. The number of carbonyl (C=O) groups excluding carboxylic acids is 1. The van der Waals surface area contributed by atoms with Gasteiger partial charge in [-0.2, -0.15) is 0 Å². The first kappa shape index (κ1) is 15.7. The van der Waals surface area contributed by atoms with Gasteiger partial charge in [-0.15, -0.1) is 10.2 Å². The van der Waals surface area contributed by atoms with Crippen molar-refractivity contribution in [1.82, 2.24) is 4.98 Å². The standard InChI is InChI=1S/C15H9Br2N3O3/c16-7-5-9-12(10(17)6-7)18-15(23)13(9)19-20-14(22)8-3-1-2-4-11(8)21/h1-6,18,21,23H. The smallest absolute Gasteiger partial charge is 0.299 e. The SMILES string of the molecule is O=C(N=Nc1c(O)[nH]c2c(Br)cc(Br)cc12)c1ccccc1O. The highest BCUT2D eigenvalue weighted by atomic mass is 79.9. The van der Waals surface area contributed by atoms with Crippen LogP contribution in [-0.4, -0.2) is 21.1 Å². The van der Waals surface area contributed by atoms with Gasteiger partial charge in [-0.05, 0) is 40.2 Å². The highest BCUT2D eigenvalue weighted by Crippen LogP contribution is 2.40. The van der Waals surface area contributed by atoms with Gasteiger partial charge >= 0.3 is 0 Å². The number of amides is 1. The molecule has 0 bridgehead atoms. The number of hydrogen-bond donors (Lipinski definition) is 3. The Morgan fingerprint density at radius 3 is 2.61 bits per heavy atom. The van der Waals surface area contributed by atoms with E-state index in [0.717, 1.165) is 8.95 Å². The van der Waals surface area contributed by atoms with E-state index in [-0.39, 0.29) is 22.9 Å². The Balaban J connectivity index is 2.03. The van der Waals surface area contributed by atoms with E-state index < -0.39 is 5.91 Å². The molecule has 0 fully saturated rings. The van der Waals surface area contributed by atoms with Crippen LogP contribution in [0.2, 0.25) is 0 Å². The fraction of sp³-hybridized carbons (Fsp3) is 0. The molecule has 1 amide bonds. The molecule has 0 aliphatic rings. The van der Waals surface area contributed by atoms with E-state index in [1.807, 2.05) is 6.07 Å². The summed E-state index contributed by atoms with van der Waals surface area (Å²) < 4.78 is 1.50. The summed E-state index contributed by atoms with van der Waals surface area (Å²) in [5, 5.41) is 27.6. The number of nitrogens with one attached hydrogen (secondary N) is 1. The Hall–Kier alpha value is -2.19. The molecule has 8 heteroatoms. The molecular weight excluding hydrogens is 430 g/mol. The van der Waals surface area contributed by atoms with Crippen LogP contribution in [0.25, 0.3) is 10.9 Å². The lowest BCUT2D eigenvalue weighted by Crippen LogP contribution is -1.93. The lowest BCUT2D eigenvalue weighted by molar-refractivity contribution is 0.0992. The minimum Gasteiger partial charge on any atom is -0.507 e. The van der Waals surface area contributed by atoms with Crippen molar-refractivity contribution in [3.63, 3.8) is 0 Å². The van der Waals surface area contributed by atoms with E-state index in [2.05, 4.69) is 47.1 Å². The van der Waals surface area contributed by atoms with Gasteiger partial charge in [-0.25, -0.2) is 0 Å². The molecule has 23 heavy (non-hydrogen) atoms. The number of H-pyrrole nitrogens is 1. The van der Waals surface area contributed by atoms with E-state index in [0.29, 0.717) is 10.9 Å². The largest absolute Gasteiger partial charge is 0.507 e. The molecule has 0 saturated carbocycles. The summed E-state index contributed by atoms with van der Waals surface area (Å²) in [4.78, 5) is 14.8. The Morgan fingerprint density at radius 1 is 1.13 bits per heavy atom. The number of aromatic amines is 1. The van der Waals surface area contributed by atoms with E-state index in [9.17, 15) is 15.0 Å². The number of benzene rings is 2. The second-order valence-corrected chi connectivity index (χ2v) is 6.42. The zero-order chi connectivity index (χ0) is 16.6. The van der Waals surface area contributed by atoms with Gasteiger partial charge in [0.1, 0.15) is 5.75 Å². The van der Waals surface area contributed by atoms with Crippen molar-refractivity contribution >= 4 is 54.4 Å². The van der Waals surface area contributed by atoms with E-state index in [4.69, 9.17) is 0 Å². The fourth-order valence-corrected chi connectivity index (χ4v) is 3.42. The van der Waals surface area contributed by atoms with Crippen molar-refractivity contribution in [2.45, 2.75) is 0 Å². The first-order valence-corrected chi connectivity index (χ1v) is 7.99. The van der Waals surface area contributed by atoms with E-state index >= 15 is 0 Å². The monoisotopic (exact) mass is 437 g/mol. The third kappa shape index (κ3) is 2.99.